The average molecular weight is 501 g/mol. The number of nitriles is 1. The number of esters is 2. The van der Waals surface area contributed by atoms with Gasteiger partial charge >= 0.3 is 18.1 Å². The van der Waals surface area contributed by atoms with Gasteiger partial charge in [0.25, 0.3) is 0 Å². The van der Waals surface area contributed by atoms with E-state index in [4.69, 9.17) is 29.4 Å². The number of anilines is 1. The van der Waals surface area contributed by atoms with Crippen LogP contribution >= 0.6 is 0 Å². The monoisotopic (exact) mass is 501 g/mol. The number of nitrogen functional groups attached to an aromatic ring is 1. The molecule has 2 N–H and O–H groups in total. The third kappa shape index (κ3) is 4.64. The lowest BCUT2D eigenvalue weighted by molar-refractivity contribution is -0.166. The zero-order valence-electron chi connectivity index (χ0n) is 20.3. The molecule has 36 heavy (non-hydrogen) atoms. The standard InChI is InChI=1S/C23H27N5O8/c1-12(2)33-21(31)32-9-14-18-19(35-17(30)8-22(3,4)7-16(29)34-18)23(10-24,36-14)15-6-5-13-20(25)26-11-27-28(13)15/h5-6,11-12,14,18-19H,7-9H2,1-4H3,(H2,25,26,27)/t14-,18-,19-,23+/m1/s1. The van der Waals surface area contributed by atoms with E-state index in [1.54, 1.807) is 33.8 Å². The Morgan fingerprint density at radius 3 is 2.64 bits per heavy atom. The molecule has 0 bridgehead atoms. The Labute approximate surface area is 206 Å². The second-order valence-electron chi connectivity index (χ2n) is 9.77. The summed E-state index contributed by atoms with van der Waals surface area (Å²) in [5.74, 6) is -1.12. The quantitative estimate of drug-likeness (QED) is 0.474. The topological polar surface area (TPSA) is 177 Å². The van der Waals surface area contributed by atoms with Gasteiger partial charge in [0.2, 0.25) is 5.60 Å². The van der Waals surface area contributed by atoms with E-state index in [1.165, 1.54) is 16.9 Å². The van der Waals surface area contributed by atoms with E-state index in [1.807, 2.05) is 0 Å². The first kappa shape index (κ1) is 25.2. The minimum absolute atomic E-state index is 0.0777. The van der Waals surface area contributed by atoms with Crippen LogP contribution in [0.3, 0.4) is 0 Å². The zero-order valence-corrected chi connectivity index (χ0v) is 20.3. The van der Waals surface area contributed by atoms with Gasteiger partial charge in [0, 0.05) is 0 Å². The van der Waals surface area contributed by atoms with Gasteiger partial charge in [0.05, 0.1) is 24.6 Å². The highest BCUT2D eigenvalue weighted by molar-refractivity contribution is 5.75. The van der Waals surface area contributed by atoms with Crippen LogP contribution in [0.2, 0.25) is 0 Å². The summed E-state index contributed by atoms with van der Waals surface area (Å²) in [5, 5.41) is 14.6. The molecule has 2 aromatic heterocycles. The van der Waals surface area contributed by atoms with Crippen molar-refractivity contribution in [3.63, 3.8) is 0 Å². The lowest BCUT2D eigenvalue weighted by atomic mass is 9.86. The molecule has 2 aromatic rings. The second kappa shape index (κ2) is 9.27. The van der Waals surface area contributed by atoms with Crippen LogP contribution in [0.15, 0.2) is 18.5 Å². The Bertz CT molecular complexity index is 1230. The van der Waals surface area contributed by atoms with Gasteiger partial charge in [-0.1, -0.05) is 13.8 Å². The third-order valence-corrected chi connectivity index (χ3v) is 5.90. The van der Waals surface area contributed by atoms with Crippen molar-refractivity contribution in [3.05, 3.63) is 24.2 Å². The van der Waals surface area contributed by atoms with Crippen molar-refractivity contribution in [2.75, 3.05) is 12.3 Å². The summed E-state index contributed by atoms with van der Waals surface area (Å²) in [6.45, 7) is 6.32. The lowest BCUT2D eigenvalue weighted by Crippen LogP contribution is -2.45. The van der Waals surface area contributed by atoms with E-state index in [0.29, 0.717) is 5.52 Å². The summed E-state index contributed by atoms with van der Waals surface area (Å²) in [4.78, 5) is 41.7. The number of fused-ring (bicyclic) bond motifs is 2. The third-order valence-electron chi connectivity index (χ3n) is 5.90. The number of hydrogen-bond acceptors (Lipinski definition) is 12. The molecule has 0 radical (unpaired) electrons. The minimum atomic E-state index is -1.99. The zero-order chi connectivity index (χ0) is 26.3. The Hall–Kier alpha value is -3.92. The number of rotatable bonds is 4. The van der Waals surface area contributed by atoms with Crippen molar-refractivity contribution in [2.45, 2.75) is 70.6 Å². The maximum atomic E-state index is 12.9. The second-order valence-corrected chi connectivity index (χ2v) is 9.77. The maximum absolute atomic E-state index is 12.9. The Morgan fingerprint density at radius 1 is 1.28 bits per heavy atom. The van der Waals surface area contributed by atoms with Crippen LogP contribution < -0.4 is 5.73 Å². The fourth-order valence-electron chi connectivity index (χ4n) is 4.40. The van der Waals surface area contributed by atoms with Crippen LogP contribution in [0.5, 0.6) is 0 Å². The molecule has 13 nitrogen and oxygen atoms in total. The molecule has 0 aliphatic carbocycles. The van der Waals surface area contributed by atoms with Gasteiger partial charge in [-0.3, -0.25) is 9.59 Å². The molecule has 192 valence electrons. The summed E-state index contributed by atoms with van der Waals surface area (Å²) in [7, 11) is 0. The minimum Gasteiger partial charge on any atom is -0.455 e. The van der Waals surface area contributed by atoms with Crippen LogP contribution in [0.1, 0.15) is 46.2 Å². The van der Waals surface area contributed by atoms with E-state index in [0.717, 1.165) is 0 Å². The Balaban J connectivity index is 1.79. The lowest BCUT2D eigenvalue weighted by Gasteiger charge is -2.28. The number of carbonyl (C=O) groups is 3. The number of nitrogens with zero attached hydrogens (tertiary/aromatic N) is 4. The molecule has 0 saturated carbocycles. The van der Waals surface area contributed by atoms with Crippen molar-refractivity contribution >= 4 is 29.4 Å². The van der Waals surface area contributed by atoms with Crippen molar-refractivity contribution < 1.29 is 38.1 Å². The highest BCUT2D eigenvalue weighted by Gasteiger charge is 2.63. The van der Waals surface area contributed by atoms with Gasteiger partial charge in [-0.15, -0.1) is 0 Å². The molecule has 4 heterocycles. The summed E-state index contributed by atoms with van der Waals surface area (Å²) < 4.78 is 29.1. The fourth-order valence-corrected chi connectivity index (χ4v) is 4.40. The predicted molar refractivity (Wildman–Crippen MR) is 120 cm³/mol. The largest absolute Gasteiger partial charge is 0.508 e. The van der Waals surface area contributed by atoms with Crippen LogP contribution in [-0.4, -0.2) is 63.7 Å². The molecule has 2 aliphatic rings. The molecule has 0 unspecified atom stereocenters. The van der Waals surface area contributed by atoms with Crippen LogP contribution in [0, 0.1) is 16.7 Å². The highest BCUT2D eigenvalue weighted by atomic mass is 16.7. The number of carbonyl (C=O) groups excluding carboxylic acids is 3. The van der Waals surface area contributed by atoms with Gasteiger partial charge in [-0.25, -0.2) is 14.3 Å². The molecular formula is C23H27N5O8. The van der Waals surface area contributed by atoms with Gasteiger partial charge in [-0.05, 0) is 31.4 Å². The van der Waals surface area contributed by atoms with Crippen LogP contribution in [0.4, 0.5) is 10.6 Å². The Morgan fingerprint density at radius 2 is 1.97 bits per heavy atom. The first-order valence-corrected chi connectivity index (χ1v) is 11.4. The van der Waals surface area contributed by atoms with E-state index in [9.17, 15) is 19.6 Å². The van der Waals surface area contributed by atoms with Gasteiger partial charge in [0.1, 0.15) is 30.6 Å². The molecule has 0 spiro atoms. The fraction of sp³-hybridized carbons (Fsp3) is 0.565. The highest BCUT2D eigenvalue weighted by Crippen LogP contribution is 2.45. The molecule has 0 amide bonds. The molecular weight excluding hydrogens is 474 g/mol. The van der Waals surface area contributed by atoms with Crippen molar-refractivity contribution in [2.24, 2.45) is 5.41 Å². The molecule has 0 aromatic carbocycles. The van der Waals surface area contributed by atoms with Crippen LogP contribution in [-0.2, 0) is 38.9 Å². The van der Waals surface area contributed by atoms with Crippen molar-refractivity contribution in [1.82, 2.24) is 14.6 Å². The van der Waals surface area contributed by atoms with E-state index >= 15 is 0 Å². The number of nitrogens with two attached hydrogens (primary N) is 1. The number of aromatic nitrogens is 3. The normalized spacial score (nSPS) is 27.7. The first-order valence-electron chi connectivity index (χ1n) is 11.4. The number of hydrogen-bond donors (Lipinski definition) is 1. The van der Waals surface area contributed by atoms with E-state index < -0.39 is 60.1 Å². The SMILES string of the molecule is CC(C)OC(=O)OC[C@H]1O[C@@](C#N)(c2ccc3c(N)ncnn23)[C@@H]2OC(=O)CC(C)(C)CC(=O)O[C@@H]21. The maximum Gasteiger partial charge on any atom is 0.508 e. The van der Waals surface area contributed by atoms with Gasteiger partial charge in [-0.2, -0.15) is 10.4 Å². The molecule has 13 heteroatoms. The first-order chi connectivity index (χ1) is 17.0. The molecule has 4 atom stereocenters. The van der Waals surface area contributed by atoms with Crippen LogP contribution in [0.25, 0.3) is 5.52 Å². The molecule has 2 aliphatic heterocycles. The predicted octanol–water partition coefficient (Wildman–Crippen LogP) is 1.63. The number of ether oxygens (including phenoxy) is 5. The summed E-state index contributed by atoms with van der Waals surface area (Å²) in [6.07, 6.45) is -4.23. The van der Waals surface area contributed by atoms with E-state index in [2.05, 4.69) is 16.2 Å². The average Bonchev–Trinajstić information content (AvgIpc) is 3.33. The summed E-state index contributed by atoms with van der Waals surface area (Å²) in [6, 6.07) is 5.19. The molecule has 2 fully saturated rings. The summed E-state index contributed by atoms with van der Waals surface area (Å²) >= 11 is 0. The van der Waals surface area contributed by atoms with Gasteiger partial charge < -0.3 is 29.4 Å². The van der Waals surface area contributed by atoms with E-state index in [-0.39, 0.29) is 24.4 Å². The van der Waals surface area contributed by atoms with Crippen molar-refractivity contribution in [1.29, 1.82) is 5.26 Å². The Kier molecular flexibility index (Phi) is 6.48. The van der Waals surface area contributed by atoms with Crippen molar-refractivity contribution in [3.8, 4) is 6.07 Å². The smallest absolute Gasteiger partial charge is 0.455 e. The molecule has 4 rings (SSSR count). The van der Waals surface area contributed by atoms with Gasteiger partial charge in [0.15, 0.2) is 18.0 Å². The summed E-state index contributed by atoms with van der Waals surface area (Å²) in [5.41, 5.74) is 3.76. The molecule has 2 saturated heterocycles.